The molecule has 5 N–H and O–H groups in total. The molecule has 0 bridgehead atoms. The Morgan fingerprint density at radius 2 is 2.09 bits per heavy atom. The largest absolute Gasteiger partial charge is 0.380 e. The zero-order valence-corrected chi connectivity index (χ0v) is 20.8. The zero-order valence-electron chi connectivity index (χ0n) is 18.4. The highest BCUT2D eigenvalue weighted by Gasteiger charge is 2.39. The summed E-state index contributed by atoms with van der Waals surface area (Å²) in [6, 6.07) is 7.41. The molecule has 2 amide bonds. The lowest BCUT2D eigenvalue weighted by atomic mass is 10.0. The topological polar surface area (TPSA) is 129 Å². The molecule has 0 saturated carbocycles. The van der Waals surface area contributed by atoms with Gasteiger partial charge in [0.25, 0.3) is 11.8 Å². The first-order valence-electron chi connectivity index (χ1n) is 11.1. The Balaban J connectivity index is 1.29. The molecule has 4 rings (SSSR count). The molecule has 34 heavy (non-hydrogen) atoms. The number of allylic oxidation sites excluding steroid dienone is 1. The van der Waals surface area contributed by atoms with Crippen LogP contribution in [0.4, 0.5) is 5.13 Å². The van der Waals surface area contributed by atoms with Crippen molar-refractivity contribution in [2.45, 2.75) is 37.5 Å². The van der Waals surface area contributed by atoms with Crippen LogP contribution in [0.2, 0.25) is 5.02 Å². The van der Waals surface area contributed by atoms with Crippen molar-refractivity contribution in [2.75, 3.05) is 24.6 Å². The van der Waals surface area contributed by atoms with Crippen molar-refractivity contribution in [1.82, 2.24) is 15.2 Å². The number of aliphatic hydroxyl groups excluding tert-OH is 2. The maximum atomic E-state index is 12.8. The van der Waals surface area contributed by atoms with E-state index in [2.05, 4.69) is 16.4 Å². The van der Waals surface area contributed by atoms with E-state index in [1.807, 2.05) is 24.3 Å². The molecule has 182 valence electrons. The van der Waals surface area contributed by atoms with Crippen LogP contribution in [0.3, 0.4) is 0 Å². The Morgan fingerprint density at radius 1 is 1.29 bits per heavy atom. The maximum absolute atomic E-state index is 12.8. The minimum absolute atomic E-state index is 0.227. The number of nitrogen functional groups attached to an aromatic ring is 1. The number of hydrogen-bond acceptors (Lipinski definition) is 8. The normalized spacial score (nSPS) is 21.9. The number of thioether (sulfide) groups is 1. The highest BCUT2D eigenvalue weighted by Crippen LogP contribution is 2.34. The van der Waals surface area contributed by atoms with E-state index in [9.17, 15) is 19.8 Å². The molecule has 4 atom stereocenters. The summed E-state index contributed by atoms with van der Waals surface area (Å²) in [7, 11) is 0. The number of hydrogen-bond donors (Lipinski definition) is 4. The third-order valence-corrected chi connectivity index (χ3v) is 8.33. The quantitative estimate of drug-likeness (QED) is 0.419. The number of nitrogens with one attached hydrogen (secondary N) is 1. The van der Waals surface area contributed by atoms with Crippen LogP contribution < -0.4 is 11.1 Å². The summed E-state index contributed by atoms with van der Waals surface area (Å²) in [6.45, 7) is 0.646. The smallest absolute Gasteiger partial charge is 0.255 e. The SMILES string of the molecule is Nc1nc([C@H]2CCCN2C(=O)[C@H](O)[C@@H](O)C(=O)NCC2=CC(Cc3ccccc3Cl)CS2)cs1. The van der Waals surface area contributed by atoms with Gasteiger partial charge in [0, 0.05) is 34.2 Å². The molecule has 3 heterocycles. The number of nitrogens with zero attached hydrogens (tertiary/aromatic N) is 2. The molecule has 1 unspecified atom stereocenters. The second kappa shape index (κ2) is 11.1. The maximum Gasteiger partial charge on any atom is 0.255 e. The summed E-state index contributed by atoms with van der Waals surface area (Å²) in [5.41, 5.74) is 7.44. The van der Waals surface area contributed by atoms with Gasteiger partial charge in [0.1, 0.15) is 0 Å². The third-order valence-electron chi connectivity index (χ3n) is 6.02. The van der Waals surface area contributed by atoms with E-state index in [1.165, 1.54) is 16.2 Å². The van der Waals surface area contributed by atoms with Gasteiger partial charge in [-0.15, -0.1) is 23.1 Å². The number of nitrogens with two attached hydrogens (primary N) is 1. The standard InChI is InChI=1S/C23H27ClN4O4S2/c24-16-5-2-1-4-14(16)8-13-9-15(33-11-13)10-26-21(31)19(29)20(30)22(32)28-7-3-6-18(28)17-12-34-23(25)27-17/h1-2,4-5,9,12-13,18-20,29-30H,3,6-8,10-11H2,(H2,25,27)(H,26,31)/t13?,18-,19-,20-/m1/s1. The number of halogens is 1. The molecule has 2 aliphatic heterocycles. The fraction of sp³-hybridized carbons (Fsp3) is 0.435. The number of aromatic nitrogens is 1. The number of thiazole rings is 1. The van der Waals surface area contributed by atoms with Crippen LogP contribution in [-0.2, 0) is 16.0 Å². The van der Waals surface area contributed by atoms with Gasteiger partial charge in [-0.3, -0.25) is 9.59 Å². The molecule has 8 nitrogen and oxygen atoms in total. The van der Waals surface area contributed by atoms with Gasteiger partial charge in [0.15, 0.2) is 17.3 Å². The molecule has 1 fully saturated rings. The van der Waals surface area contributed by atoms with E-state index in [4.69, 9.17) is 17.3 Å². The summed E-state index contributed by atoms with van der Waals surface area (Å²) in [4.78, 5) is 32.0. The van der Waals surface area contributed by atoms with E-state index in [-0.39, 0.29) is 12.6 Å². The average Bonchev–Trinajstić information content (AvgIpc) is 3.58. The monoisotopic (exact) mass is 522 g/mol. The molecule has 0 radical (unpaired) electrons. The lowest BCUT2D eigenvalue weighted by Gasteiger charge is -2.27. The third kappa shape index (κ3) is 5.75. The zero-order chi connectivity index (χ0) is 24.2. The second-order valence-electron chi connectivity index (χ2n) is 8.41. The van der Waals surface area contributed by atoms with E-state index < -0.39 is 24.0 Å². The van der Waals surface area contributed by atoms with Crippen LogP contribution in [0.15, 0.2) is 40.6 Å². The summed E-state index contributed by atoms with van der Waals surface area (Å²) in [5.74, 6) is -0.310. The van der Waals surface area contributed by atoms with Gasteiger partial charge in [-0.2, -0.15) is 0 Å². The lowest BCUT2D eigenvalue weighted by Crippen LogP contribution is -2.50. The molecule has 0 spiro atoms. The minimum atomic E-state index is -1.86. The molecule has 11 heteroatoms. The molecule has 2 aromatic rings. The molecular formula is C23H27ClN4O4S2. The fourth-order valence-electron chi connectivity index (χ4n) is 4.27. The van der Waals surface area contributed by atoms with Crippen LogP contribution in [-0.4, -0.2) is 63.0 Å². The van der Waals surface area contributed by atoms with Gasteiger partial charge >= 0.3 is 0 Å². The van der Waals surface area contributed by atoms with Crippen molar-refractivity contribution in [3.63, 3.8) is 0 Å². The Kier molecular flexibility index (Phi) is 8.15. The summed E-state index contributed by atoms with van der Waals surface area (Å²) in [5, 5.41) is 26.3. The minimum Gasteiger partial charge on any atom is -0.380 e. The van der Waals surface area contributed by atoms with Gasteiger partial charge in [0.2, 0.25) is 0 Å². The van der Waals surface area contributed by atoms with Crippen molar-refractivity contribution >= 4 is 51.6 Å². The van der Waals surface area contributed by atoms with Crippen LogP contribution in [0.1, 0.15) is 30.1 Å². The fourth-order valence-corrected chi connectivity index (χ4v) is 6.19. The number of anilines is 1. The summed E-state index contributed by atoms with van der Waals surface area (Å²) < 4.78 is 0. The number of rotatable bonds is 8. The Labute approximate surface area is 211 Å². The van der Waals surface area contributed by atoms with Gasteiger partial charge in [-0.05, 0) is 36.8 Å². The Bertz CT molecular complexity index is 1080. The van der Waals surface area contributed by atoms with Crippen LogP contribution in [0, 0.1) is 5.92 Å². The number of aliphatic hydroxyl groups is 2. The molecule has 2 aliphatic rings. The van der Waals surface area contributed by atoms with E-state index in [0.717, 1.165) is 34.1 Å². The highest BCUT2D eigenvalue weighted by molar-refractivity contribution is 8.03. The van der Waals surface area contributed by atoms with Gasteiger partial charge in [-0.1, -0.05) is 35.9 Å². The summed E-state index contributed by atoms with van der Waals surface area (Å²) in [6.07, 6.45) is 0.613. The number of likely N-dealkylation sites (tertiary alicyclic amines) is 1. The van der Waals surface area contributed by atoms with Gasteiger partial charge in [-0.25, -0.2) is 4.98 Å². The van der Waals surface area contributed by atoms with Crippen LogP contribution in [0.5, 0.6) is 0 Å². The summed E-state index contributed by atoms with van der Waals surface area (Å²) >= 11 is 9.16. The lowest BCUT2D eigenvalue weighted by molar-refractivity contribution is -0.153. The highest BCUT2D eigenvalue weighted by atomic mass is 35.5. The van der Waals surface area contributed by atoms with Crippen molar-refractivity contribution < 1.29 is 19.8 Å². The number of benzene rings is 1. The number of carbonyl (C=O) groups excluding carboxylic acids is 2. The second-order valence-corrected chi connectivity index (χ2v) is 10.9. The van der Waals surface area contributed by atoms with E-state index in [0.29, 0.717) is 29.7 Å². The number of amides is 2. The van der Waals surface area contributed by atoms with Gasteiger partial charge in [0.05, 0.1) is 11.7 Å². The van der Waals surface area contributed by atoms with Crippen molar-refractivity contribution in [3.05, 3.63) is 56.9 Å². The van der Waals surface area contributed by atoms with E-state index in [1.54, 1.807) is 17.1 Å². The molecule has 1 saturated heterocycles. The van der Waals surface area contributed by atoms with Crippen molar-refractivity contribution in [2.24, 2.45) is 5.92 Å². The first-order chi connectivity index (χ1) is 16.3. The number of carbonyl (C=O) groups is 2. The van der Waals surface area contributed by atoms with Gasteiger partial charge < -0.3 is 26.2 Å². The van der Waals surface area contributed by atoms with Crippen LogP contribution in [0.25, 0.3) is 0 Å². The molecule has 1 aromatic heterocycles. The Morgan fingerprint density at radius 3 is 2.82 bits per heavy atom. The average molecular weight is 523 g/mol. The van der Waals surface area contributed by atoms with E-state index >= 15 is 0 Å². The molecule has 1 aromatic carbocycles. The van der Waals surface area contributed by atoms with Crippen molar-refractivity contribution in [1.29, 1.82) is 0 Å². The molecule has 0 aliphatic carbocycles. The van der Waals surface area contributed by atoms with Crippen LogP contribution >= 0.6 is 34.7 Å². The van der Waals surface area contributed by atoms with Crippen molar-refractivity contribution in [3.8, 4) is 0 Å². The molecular weight excluding hydrogens is 496 g/mol. The first-order valence-corrected chi connectivity index (χ1v) is 13.3. The first kappa shape index (κ1) is 25.0. The Hall–Kier alpha value is -2.11. The predicted octanol–water partition coefficient (Wildman–Crippen LogP) is 2.37. The predicted molar refractivity (Wildman–Crippen MR) is 134 cm³/mol.